The maximum Gasteiger partial charge on any atom is 0.119 e. The van der Waals surface area contributed by atoms with E-state index in [1.54, 1.807) is 5.56 Å². The van der Waals surface area contributed by atoms with Crippen molar-refractivity contribution in [1.29, 1.82) is 0 Å². The third-order valence-corrected chi connectivity index (χ3v) is 8.16. The van der Waals surface area contributed by atoms with E-state index in [9.17, 15) is 0 Å². The summed E-state index contributed by atoms with van der Waals surface area (Å²) in [4.78, 5) is 0. The van der Waals surface area contributed by atoms with E-state index in [0.29, 0.717) is 0 Å². The van der Waals surface area contributed by atoms with Gasteiger partial charge in [0.25, 0.3) is 0 Å². The average molecular weight is 413 g/mol. The van der Waals surface area contributed by atoms with Crippen molar-refractivity contribution in [2.24, 2.45) is 17.8 Å². The van der Waals surface area contributed by atoms with E-state index in [4.69, 9.17) is 4.74 Å². The number of hydrogen-bond donors (Lipinski definition) is 0. The maximum atomic E-state index is 5.89. The molecule has 1 aromatic rings. The van der Waals surface area contributed by atoms with Gasteiger partial charge >= 0.3 is 0 Å². The third kappa shape index (κ3) is 7.61. The van der Waals surface area contributed by atoms with Crippen LogP contribution < -0.4 is 4.74 Å². The van der Waals surface area contributed by atoms with Crippen molar-refractivity contribution in [2.75, 3.05) is 6.61 Å². The smallest absolute Gasteiger partial charge is 0.119 e. The summed E-state index contributed by atoms with van der Waals surface area (Å²) in [6, 6.07) is 9.08. The molecule has 0 heterocycles. The van der Waals surface area contributed by atoms with E-state index in [1.165, 1.54) is 103 Å². The Morgan fingerprint density at radius 3 is 1.90 bits per heavy atom. The molecule has 0 unspecified atom stereocenters. The van der Waals surface area contributed by atoms with Crippen molar-refractivity contribution in [3.05, 3.63) is 29.8 Å². The molecule has 2 saturated carbocycles. The first-order valence-corrected chi connectivity index (χ1v) is 13.5. The number of hydrogen-bond acceptors (Lipinski definition) is 1. The highest BCUT2D eigenvalue weighted by atomic mass is 16.5. The van der Waals surface area contributed by atoms with E-state index in [-0.39, 0.29) is 0 Å². The summed E-state index contributed by atoms with van der Waals surface area (Å²) < 4.78 is 5.89. The summed E-state index contributed by atoms with van der Waals surface area (Å²) in [5.74, 6) is 4.94. The summed E-state index contributed by atoms with van der Waals surface area (Å²) in [5.41, 5.74) is 1.55. The minimum Gasteiger partial charge on any atom is -0.494 e. The fraction of sp³-hybridized carbons (Fsp3) is 0.793. The normalized spacial score (nSPS) is 27.1. The zero-order valence-electron chi connectivity index (χ0n) is 20.0. The van der Waals surface area contributed by atoms with Crippen molar-refractivity contribution in [1.82, 2.24) is 0 Å². The van der Waals surface area contributed by atoms with Crippen LogP contribution in [0.4, 0.5) is 0 Å². The number of ether oxygens (including phenoxy) is 1. The fourth-order valence-corrected chi connectivity index (χ4v) is 6.11. The Morgan fingerprint density at radius 1 is 0.667 bits per heavy atom. The largest absolute Gasteiger partial charge is 0.494 e. The minimum atomic E-state index is 0.783. The van der Waals surface area contributed by atoms with E-state index < -0.39 is 0 Å². The molecule has 0 saturated heterocycles. The van der Waals surface area contributed by atoms with Crippen LogP contribution in [-0.4, -0.2) is 6.61 Å². The zero-order valence-corrected chi connectivity index (χ0v) is 20.0. The topological polar surface area (TPSA) is 9.23 Å². The zero-order chi connectivity index (χ0) is 21.0. The number of benzene rings is 1. The molecular formula is C29H48O. The first-order chi connectivity index (χ1) is 14.8. The lowest BCUT2D eigenvalue weighted by atomic mass is 9.68. The lowest BCUT2D eigenvalue weighted by molar-refractivity contribution is 0.155. The minimum absolute atomic E-state index is 0.783. The van der Waals surface area contributed by atoms with Crippen LogP contribution in [0.25, 0.3) is 0 Å². The first kappa shape index (κ1) is 23.7. The number of rotatable bonds is 12. The van der Waals surface area contributed by atoms with Crippen molar-refractivity contribution in [3.63, 3.8) is 0 Å². The Balaban J connectivity index is 1.34. The molecule has 0 spiro atoms. The molecule has 1 aromatic carbocycles. The van der Waals surface area contributed by atoms with Gasteiger partial charge in [0, 0.05) is 0 Å². The molecule has 0 radical (unpaired) electrons. The molecule has 2 aliphatic carbocycles. The van der Waals surface area contributed by atoms with E-state index in [1.807, 2.05) is 0 Å². The maximum absolute atomic E-state index is 5.89. The Kier molecular flexibility index (Phi) is 10.6. The quantitative estimate of drug-likeness (QED) is 0.311. The Bertz CT molecular complexity index is 546. The third-order valence-electron chi connectivity index (χ3n) is 8.16. The first-order valence-electron chi connectivity index (χ1n) is 13.5. The van der Waals surface area contributed by atoms with Crippen molar-refractivity contribution in [3.8, 4) is 5.75 Å². The molecule has 0 bridgehead atoms. The molecule has 1 heteroatoms. The summed E-state index contributed by atoms with van der Waals surface area (Å²) in [6.45, 7) is 5.42. The van der Waals surface area contributed by atoms with Gasteiger partial charge in [-0.3, -0.25) is 0 Å². The Labute approximate surface area is 187 Å². The predicted octanol–water partition coefficient (Wildman–Crippen LogP) is 9.31. The van der Waals surface area contributed by atoms with E-state index in [0.717, 1.165) is 36.0 Å². The highest BCUT2D eigenvalue weighted by Crippen LogP contribution is 2.44. The molecule has 0 N–H and O–H groups in total. The summed E-state index contributed by atoms with van der Waals surface area (Å²) >= 11 is 0. The second kappa shape index (κ2) is 13.4. The van der Waals surface area contributed by atoms with Gasteiger partial charge in [-0.1, -0.05) is 83.8 Å². The van der Waals surface area contributed by atoms with Gasteiger partial charge in [-0.05, 0) is 86.3 Å². The molecule has 0 aromatic heterocycles. The van der Waals surface area contributed by atoms with Gasteiger partial charge in [-0.25, -0.2) is 0 Å². The molecule has 170 valence electrons. The van der Waals surface area contributed by atoms with Crippen LogP contribution in [-0.2, 0) is 0 Å². The van der Waals surface area contributed by atoms with Gasteiger partial charge in [0.05, 0.1) is 6.61 Å². The molecule has 3 rings (SSSR count). The summed E-state index contributed by atoms with van der Waals surface area (Å²) in [7, 11) is 0. The van der Waals surface area contributed by atoms with Crippen LogP contribution in [0.2, 0.25) is 0 Å². The second-order valence-corrected chi connectivity index (χ2v) is 10.4. The van der Waals surface area contributed by atoms with Crippen LogP contribution in [0, 0.1) is 17.8 Å². The predicted molar refractivity (Wildman–Crippen MR) is 130 cm³/mol. The SMILES string of the molecule is CCCCCC[C@H]1CC[C@H]([C@H]2CC[C@H](c3ccc(OCCCCC)cc3)CC2)CC1. The molecule has 30 heavy (non-hydrogen) atoms. The molecular weight excluding hydrogens is 364 g/mol. The fourth-order valence-electron chi connectivity index (χ4n) is 6.11. The van der Waals surface area contributed by atoms with Gasteiger partial charge in [-0.2, -0.15) is 0 Å². The highest BCUT2D eigenvalue weighted by molar-refractivity contribution is 5.29. The van der Waals surface area contributed by atoms with Crippen molar-refractivity contribution in [2.45, 2.75) is 122 Å². The highest BCUT2D eigenvalue weighted by Gasteiger charge is 2.31. The summed E-state index contributed by atoms with van der Waals surface area (Å²) in [5, 5.41) is 0. The van der Waals surface area contributed by atoms with Gasteiger partial charge in [0.15, 0.2) is 0 Å². The standard InChI is InChI=1S/C29H48O/c1-3-5-7-8-10-24-11-13-25(14-12-24)26-15-17-27(18-16-26)28-19-21-29(22-20-28)30-23-9-6-4-2/h19-22,24-27H,3-18,23H2,1-2H3/t24-,25-,26-,27-. The van der Waals surface area contributed by atoms with Crippen LogP contribution >= 0.6 is 0 Å². The molecule has 1 nitrogen and oxygen atoms in total. The molecule has 2 fully saturated rings. The van der Waals surface area contributed by atoms with Gasteiger partial charge in [0.2, 0.25) is 0 Å². The molecule has 0 amide bonds. The van der Waals surface area contributed by atoms with E-state index in [2.05, 4.69) is 38.1 Å². The van der Waals surface area contributed by atoms with Crippen LogP contribution in [0.5, 0.6) is 5.75 Å². The van der Waals surface area contributed by atoms with E-state index >= 15 is 0 Å². The molecule has 0 aliphatic heterocycles. The van der Waals surface area contributed by atoms with Crippen LogP contribution in [0.3, 0.4) is 0 Å². The number of unbranched alkanes of at least 4 members (excludes halogenated alkanes) is 5. The Morgan fingerprint density at radius 2 is 1.27 bits per heavy atom. The lowest BCUT2D eigenvalue weighted by Gasteiger charge is -2.38. The monoisotopic (exact) mass is 412 g/mol. The lowest BCUT2D eigenvalue weighted by Crippen LogP contribution is -2.25. The molecule has 2 aliphatic rings. The van der Waals surface area contributed by atoms with Crippen LogP contribution in [0.1, 0.15) is 128 Å². The average Bonchev–Trinajstić information content (AvgIpc) is 2.81. The second-order valence-electron chi connectivity index (χ2n) is 10.4. The van der Waals surface area contributed by atoms with Crippen LogP contribution in [0.15, 0.2) is 24.3 Å². The van der Waals surface area contributed by atoms with Gasteiger partial charge < -0.3 is 4.74 Å². The summed E-state index contributed by atoms with van der Waals surface area (Å²) in [6.07, 6.45) is 22.8. The Hall–Kier alpha value is -0.980. The van der Waals surface area contributed by atoms with Crippen molar-refractivity contribution >= 4 is 0 Å². The van der Waals surface area contributed by atoms with Crippen molar-refractivity contribution < 1.29 is 4.74 Å². The van der Waals surface area contributed by atoms with Gasteiger partial charge in [-0.15, -0.1) is 0 Å². The molecule has 0 atom stereocenters. The van der Waals surface area contributed by atoms with Gasteiger partial charge in [0.1, 0.15) is 5.75 Å².